The largest absolute Gasteiger partial charge is 0.294 e. The van der Waals surface area contributed by atoms with Crippen molar-refractivity contribution in [2.24, 2.45) is 0 Å². The monoisotopic (exact) mass is 305 g/mol. The molecular weight excluding hydrogens is 290 g/mol. The van der Waals surface area contributed by atoms with Crippen molar-refractivity contribution in [1.82, 2.24) is 15.2 Å². The van der Waals surface area contributed by atoms with E-state index in [1.807, 2.05) is 48.5 Å². The predicted molar refractivity (Wildman–Crippen MR) is 85.4 cm³/mol. The molecule has 0 fully saturated rings. The van der Waals surface area contributed by atoms with Crippen molar-refractivity contribution in [3.05, 3.63) is 83.4 Å². The van der Waals surface area contributed by atoms with Crippen molar-refractivity contribution < 1.29 is 9.59 Å². The quantitative estimate of drug-likeness (QED) is 0.561. The average molecular weight is 305 g/mol. The highest BCUT2D eigenvalue weighted by Gasteiger charge is 2.16. The highest BCUT2D eigenvalue weighted by atomic mass is 16.1. The summed E-state index contributed by atoms with van der Waals surface area (Å²) in [5, 5.41) is 6.09. The first-order chi connectivity index (χ1) is 11.2. The SMILES string of the molecule is O=C(CC(=O)c1ncn[nH]1)c1cccc(Cc2ccccc2)c1. The van der Waals surface area contributed by atoms with Gasteiger partial charge in [0.15, 0.2) is 11.6 Å². The summed E-state index contributed by atoms with van der Waals surface area (Å²) in [4.78, 5) is 28.0. The van der Waals surface area contributed by atoms with Crippen LogP contribution in [0.15, 0.2) is 60.9 Å². The molecule has 1 aromatic heterocycles. The van der Waals surface area contributed by atoms with Crippen molar-refractivity contribution in [3.63, 3.8) is 0 Å². The van der Waals surface area contributed by atoms with Crippen LogP contribution in [0.3, 0.4) is 0 Å². The maximum Gasteiger partial charge on any atom is 0.207 e. The highest BCUT2D eigenvalue weighted by molar-refractivity contribution is 6.12. The average Bonchev–Trinajstić information content (AvgIpc) is 3.10. The van der Waals surface area contributed by atoms with Crippen molar-refractivity contribution in [3.8, 4) is 0 Å². The van der Waals surface area contributed by atoms with Crippen LogP contribution in [0.5, 0.6) is 0 Å². The smallest absolute Gasteiger partial charge is 0.207 e. The number of H-pyrrole nitrogens is 1. The maximum absolute atomic E-state index is 12.3. The van der Waals surface area contributed by atoms with Crippen LogP contribution in [0.4, 0.5) is 0 Å². The van der Waals surface area contributed by atoms with E-state index in [4.69, 9.17) is 0 Å². The zero-order chi connectivity index (χ0) is 16.1. The molecule has 1 heterocycles. The lowest BCUT2D eigenvalue weighted by atomic mass is 9.99. The summed E-state index contributed by atoms with van der Waals surface area (Å²) in [5.41, 5.74) is 2.75. The predicted octanol–water partition coefficient (Wildman–Crippen LogP) is 2.85. The molecule has 0 aliphatic heterocycles. The minimum atomic E-state index is -0.360. The normalized spacial score (nSPS) is 10.4. The first-order valence-corrected chi connectivity index (χ1v) is 7.27. The molecular formula is C18H15N3O2. The van der Waals surface area contributed by atoms with E-state index in [9.17, 15) is 9.59 Å². The van der Waals surface area contributed by atoms with Gasteiger partial charge in [-0.05, 0) is 23.6 Å². The zero-order valence-corrected chi connectivity index (χ0v) is 12.4. The number of nitrogens with one attached hydrogen (secondary N) is 1. The third-order valence-electron chi connectivity index (χ3n) is 3.50. The highest BCUT2D eigenvalue weighted by Crippen LogP contribution is 2.13. The minimum Gasteiger partial charge on any atom is -0.294 e. The minimum absolute atomic E-state index is 0.110. The fourth-order valence-corrected chi connectivity index (χ4v) is 2.36. The van der Waals surface area contributed by atoms with Crippen LogP contribution in [-0.2, 0) is 6.42 Å². The van der Waals surface area contributed by atoms with Crippen molar-refractivity contribution >= 4 is 11.6 Å². The Balaban J connectivity index is 1.71. The molecule has 0 saturated heterocycles. The third kappa shape index (κ3) is 3.77. The van der Waals surface area contributed by atoms with Gasteiger partial charge < -0.3 is 0 Å². The van der Waals surface area contributed by atoms with E-state index >= 15 is 0 Å². The molecule has 0 radical (unpaired) electrons. The molecule has 0 bridgehead atoms. The Morgan fingerprint density at radius 1 is 0.913 bits per heavy atom. The van der Waals surface area contributed by atoms with E-state index in [0.717, 1.165) is 12.0 Å². The second-order valence-corrected chi connectivity index (χ2v) is 5.22. The number of carbonyl (C=O) groups is 2. The van der Waals surface area contributed by atoms with Crippen molar-refractivity contribution in [1.29, 1.82) is 0 Å². The summed E-state index contributed by atoms with van der Waals surface area (Å²) < 4.78 is 0. The van der Waals surface area contributed by atoms with Crippen molar-refractivity contribution in [2.45, 2.75) is 12.8 Å². The molecule has 23 heavy (non-hydrogen) atoms. The van der Waals surface area contributed by atoms with Gasteiger partial charge >= 0.3 is 0 Å². The topological polar surface area (TPSA) is 75.7 Å². The standard InChI is InChI=1S/C18H15N3O2/c22-16(11-17(23)18-19-12-20-21-18)15-8-4-7-14(10-15)9-13-5-2-1-3-6-13/h1-8,10,12H,9,11H2,(H,19,20,21). The van der Waals surface area contributed by atoms with Gasteiger partial charge in [0.1, 0.15) is 6.33 Å². The lowest BCUT2D eigenvalue weighted by Crippen LogP contribution is -2.10. The Labute approximate surface area is 133 Å². The van der Waals surface area contributed by atoms with Gasteiger partial charge in [-0.15, -0.1) is 0 Å². The Morgan fingerprint density at radius 2 is 1.70 bits per heavy atom. The number of Topliss-reactive ketones (excluding diaryl/α,β-unsaturated/α-hetero) is 2. The number of aromatic nitrogens is 3. The number of benzene rings is 2. The number of carbonyl (C=O) groups excluding carboxylic acids is 2. The molecule has 0 aliphatic carbocycles. The molecule has 2 aromatic carbocycles. The van der Waals surface area contributed by atoms with Gasteiger partial charge in [-0.3, -0.25) is 14.7 Å². The van der Waals surface area contributed by atoms with E-state index in [0.29, 0.717) is 5.56 Å². The van der Waals surface area contributed by atoms with Crippen LogP contribution in [0, 0.1) is 0 Å². The Bertz CT molecular complexity index is 811. The van der Waals surface area contributed by atoms with Crippen LogP contribution >= 0.6 is 0 Å². The maximum atomic E-state index is 12.3. The molecule has 1 N–H and O–H groups in total. The van der Waals surface area contributed by atoms with Crippen LogP contribution in [0.2, 0.25) is 0 Å². The number of aromatic amines is 1. The van der Waals surface area contributed by atoms with E-state index < -0.39 is 0 Å². The number of hydrogen-bond donors (Lipinski definition) is 1. The second kappa shape index (κ2) is 6.79. The lowest BCUT2D eigenvalue weighted by Gasteiger charge is -2.05. The van der Waals surface area contributed by atoms with Gasteiger partial charge in [0, 0.05) is 5.56 Å². The molecule has 5 heteroatoms. The fraction of sp³-hybridized carbons (Fsp3) is 0.111. The van der Waals surface area contributed by atoms with E-state index in [-0.39, 0.29) is 23.8 Å². The van der Waals surface area contributed by atoms with E-state index in [1.165, 1.54) is 11.9 Å². The Kier molecular flexibility index (Phi) is 4.38. The first kappa shape index (κ1) is 14.8. The molecule has 0 aliphatic rings. The van der Waals surface area contributed by atoms with Gasteiger partial charge in [0.05, 0.1) is 6.42 Å². The Morgan fingerprint density at radius 3 is 2.43 bits per heavy atom. The summed E-state index contributed by atoms with van der Waals surface area (Å²) >= 11 is 0. The summed E-state index contributed by atoms with van der Waals surface area (Å²) in [6, 6.07) is 17.4. The van der Waals surface area contributed by atoms with Crippen LogP contribution < -0.4 is 0 Å². The number of nitrogens with zero attached hydrogens (tertiary/aromatic N) is 2. The van der Waals surface area contributed by atoms with Gasteiger partial charge in [0.25, 0.3) is 0 Å². The van der Waals surface area contributed by atoms with E-state index in [1.54, 1.807) is 6.07 Å². The van der Waals surface area contributed by atoms with Crippen molar-refractivity contribution in [2.75, 3.05) is 0 Å². The first-order valence-electron chi connectivity index (χ1n) is 7.27. The second-order valence-electron chi connectivity index (χ2n) is 5.22. The van der Waals surface area contributed by atoms with Gasteiger partial charge in [0.2, 0.25) is 5.78 Å². The Hall–Kier alpha value is -3.08. The molecule has 0 atom stereocenters. The number of ketones is 2. The van der Waals surface area contributed by atoms with E-state index in [2.05, 4.69) is 15.2 Å². The summed E-state index contributed by atoms with van der Waals surface area (Å²) in [6.07, 6.45) is 1.78. The van der Waals surface area contributed by atoms with Crippen LogP contribution in [-0.4, -0.2) is 26.7 Å². The molecule has 114 valence electrons. The molecule has 0 spiro atoms. The number of hydrogen-bond acceptors (Lipinski definition) is 4. The van der Waals surface area contributed by atoms with Gasteiger partial charge in [-0.25, -0.2) is 4.98 Å². The molecule has 5 nitrogen and oxygen atoms in total. The molecule has 0 saturated carbocycles. The number of rotatable bonds is 6. The van der Waals surface area contributed by atoms with Gasteiger partial charge in [-0.1, -0.05) is 48.5 Å². The zero-order valence-electron chi connectivity index (χ0n) is 12.4. The van der Waals surface area contributed by atoms with Gasteiger partial charge in [-0.2, -0.15) is 5.10 Å². The molecule has 3 rings (SSSR count). The lowest BCUT2D eigenvalue weighted by molar-refractivity contribution is 0.0888. The summed E-state index contributed by atoms with van der Waals surface area (Å²) in [7, 11) is 0. The summed E-state index contributed by atoms with van der Waals surface area (Å²) in [6.45, 7) is 0. The third-order valence-corrected chi connectivity index (χ3v) is 3.50. The molecule has 0 unspecified atom stereocenters. The molecule has 0 amide bonds. The van der Waals surface area contributed by atoms with Crippen LogP contribution in [0.1, 0.15) is 38.5 Å². The molecule has 3 aromatic rings. The summed E-state index contributed by atoms with van der Waals surface area (Å²) in [5.74, 6) is -0.471. The van der Waals surface area contributed by atoms with Crippen LogP contribution in [0.25, 0.3) is 0 Å². The fourth-order valence-electron chi connectivity index (χ4n) is 2.36.